The van der Waals surface area contributed by atoms with Crippen molar-refractivity contribution in [2.75, 3.05) is 13.2 Å². The van der Waals surface area contributed by atoms with Gasteiger partial charge in [0.05, 0.1) is 12.6 Å². The number of morpholine rings is 1. The number of carbonyl (C=O) groups excluding carboxylic acids is 1. The first-order valence-electron chi connectivity index (χ1n) is 6.16. The Morgan fingerprint density at radius 2 is 2.56 bits per heavy atom. The van der Waals surface area contributed by atoms with Crippen LogP contribution in [0.25, 0.3) is 0 Å². The van der Waals surface area contributed by atoms with Gasteiger partial charge in [0.2, 0.25) is 0 Å². The number of rotatable bonds is 3. The summed E-state index contributed by atoms with van der Waals surface area (Å²) in [5, 5.41) is 3.33. The molecule has 2 atom stereocenters. The molecule has 2 rings (SSSR count). The zero-order chi connectivity index (χ0) is 13.0. The Morgan fingerprint density at radius 1 is 1.72 bits per heavy atom. The smallest absolute Gasteiger partial charge is 0.305 e. The highest BCUT2D eigenvalue weighted by atomic mass is 16.7. The van der Waals surface area contributed by atoms with Gasteiger partial charge < -0.3 is 14.8 Å². The van der Waals surface area contributed by atoms with E-state index in [-0.39, 0.29) is 12.0 Å². The van der Waals surface area contributed by atoms with Gasteiger partial charge >= 0.3 is 5.97 Å². The summed E-state index contributed by atoms with van der Waals surface area (Å²) in [5.74, 6) is -1.42. The number of esters is 1. The molecule has 0 aliphatic carbocycles. The predicted octanol–water partition coefficient (Wildman–Crippen LogP) is 1.20. The number of hydrogen-bond acceptors (Lipinski definition) is 5. The van der Waals surface area contributed by atoms with Crippen LogP contribution in [0.15, 0.2) is 24.5 Å². The molecule has 1 aliphatic rings. The second-order valence-corrected chi connectivity index (χ2v) is 4.27. The van der Waals surface area contributed by atoms with E-state index in [0.29, 0.717) is 6.61 Å². The van der Waals surface area contributed by atoms with Gasteiger partial charge in [-0.15, -0.1) is 0 Å². The summed E-state index contributed by atoms with van der Waals surface area (Å²) < 4.78 is 11.3. The molecule has 1 aromatic rings. The zero-order valence-corrected chi connectivity index (χ0v) is 10.7. The van der Waals surface area contributed by atoms with Crippen LogP contribution >= 0.6 is 0 Å². The third-order valence-electron chi connectivity index (χ3n) is 3.04. The maximum Gasteiger partial charge on any atom is 0.305 e. The van der Waals surface area contributed by atoms with E-state index < -0.39 is 5.79 Å². The molecule has 1 saturated heterocycles. The third-order valence-corrected chi connectivity index (χ3v) is 3.04. The van der Waals surface area contributed by atoms with Gasteiger partial charge in [-0.2, -0.15) is 0 Å². The summed E-state index contributed by atoms with van der Waals surface area (Å²) in [6, 6.07) is 3.61. The number of nitrogens with one attached hydrogen (secondary N) is 1. The first-order chi connectivity index (χ1) is 8.69. The van der Waals surface area contributed by atoms with E-state index in [1.54, 1.807) is 12.4 Å². The maximum atomic E-state index is 11.4. The summed E-state index contributed by atoms with van der Waals surface area (Å²) in [7, 11) is 0. The van der Waals surface area contributed by atoms with Gasteiger partial charge in [0.15, 0.2) is 0 Å². The molecule has 5 nitrogen and oxygen atoms in total. The molecule has 2 unspecified atom stereocenters. The molecule has 0 saturated carbocycles. The summed E-state index contributed by atoms with van der Waals surface area (Å²) >= 11 is 0. The molecule has 5 heteroatoms. The van der Waals surface area contributed by atoms with E-state index in [2.05, 4.69) is 10.3 Å². The van der Waals surface area contributed by atoms with Gasteiger partial charge in [-0.1, -0.05) is 6.92 Å². The van der Waals surface area contributed by atoms with Crippen molar-refractivity contribution < 1.29 is 14.3 Å². The van der Waals surface area contributed by atoms with Crippen LogP contribution in [0.5, 0.6) is 0 Å². The SMILES string of the molecule is CCC1NCCOC1(OC(C)=O)c1cccnc1. The van der Waals surface area contributed by atoms with Crippen LogP contribution in [-0.2, 0) is 20.1 Å². The van der Waals surface area contributed by atoms with Crippen LogP contribution in [0.1, 0.15) is 25.8 Å². The van der Waals surface area contributed by atoms with E-state index in [1.807, 2.05) is 19.1 Å². The van der Waals surface area contributed by atoms with Crippen molar-refractivity contribution in [2.24, 2.45) is 0 Å². The van der Waals surface area contributed by atoms with E-state index >= 15 is 0 Å². The largest absolute Gasteiger partial charge is 0.427 e. The fraction of sp³-hybridized carbons (Fsp3) is 0.538. The quantitative estimate of drug-likeness (QED) is 0.817. The van der Waals surface area contributed by atoms with Crippen molar-refractivity contribution in [3.8, 4) is 0 Å². The number of pyridine rings is 1. The van der Waals surface area contributed by atoms with Crippen LogP contribution in [-0.4, -0.2) is 30.1 Å². The highest BCUT2D eigenvalue weighted by molar-refractivity contribution is 5.66. The van der Waals surface area contributed by atoms with Crippen molar-refractivity contribution in [1.82, 2.24) is 10.3 Å². The second kappa shape index (κ2) is 5.46. The Bertz CT molecular complexity index is 410. The summed E-state index contributed by atoms with van der Waals surface area (Å²) in [4.78, 5) is 15.5. The molecular weight excluding hydrogens is 232 g/mol. The molecule has 2 heterocycles. The lowest BCUT2D eigenvalue weighted by molar-refractivity contribution is -0.265. The van der Waals surface area contributed by atoms with E-state index in [4.69, 9.17) is 9.47 Å². The van der Waals surface area contributed by atoms with Gasteiger partial charge in [-0.05, 0) is 18.6 Å². The Morgan fingerprint density at radius 3 is 3.17 bits per heavy atom. The molecule has 1 aromatic heterocycles. The zero-order valence-electron chi connectivity index (χ0n) is 10.7. The molecule has 0 amide bonds. The molecule has 0 radical (unpaired) electrons. The second-order valence-electron chi connectivity index (χ2n) is 4.27. The Labute approximate surface area is 107 Å². The van der Waals surface area contributed by atoms with Crippen LogP contribution in [0.3, 0.4) is 0 Å². The van der Waals surface area contributed by atoms with Gasteiger partial charge in [-0.3, -0.25) is 9.78 Å². The average Bonchev–Trinajstić information content (AvgIpc) is 2.39. The van der Waals surface area contributed by atoms with Crippen LogP contribution < -0.4 is 5.32 Å². The van der Waals surface area contributed by atoms with Crippen molar-refractivity contribution in [3.05, 3.63) is 30.1 Å². The number of aromatic nitrogens is 1. The lowest BCUT2D eigenvalue weighted by atomic mass is 9.95. The van der Waals surface area contributed by atoms with E-state index in [9.17, 15) is 4.79 Å². The highest BCUT2D eigenvalue weighted by Gasteiger charge is 2.46. The van der Waals surface area contributed by atoms with Gasteiger partial charge in [0.25, 0.3) is 5.79 Å². The molecule has 98 valence electrons. The van der Waals surface area contributed by atoms with Gasteiger partial charge in [0, 0.05) is 31.4 Å². The molecular formula is C13H18N2O3. The summed E-state index contributed by atoms with van der Waals surface area (Å²) in [5.41, 5.74) is 0.763. The van der Waals surface area contributed by atoms with Gasteiger partial charge in [0.1, 0.15) is 0 Å². The van der Waals surface area contributed by atoms with Crippen molar-refractivity contribution >= 4 is 5.97 Å². The van der Waals surface area contributed by atoms with E-state index in [0.717, 1.165) is 18.5 Å². The lowest BCUT2D eigenvalue weighted by Gasteiger charge is -2.42. The molecule has 1 aliphatic heterocycles. The average molecular weight is 250 g/mol. The molecule has 0 aromatic carbocycles. The minimum Gasteiger partial charge on any atom is -0.427 e. The normalized spacial score (nSPS) is 27.8. The Kier molecular flexibility index (Phi) is 3.93. The first kappa shape index (κ1) is 13.0. The van der Waals surface area contributed by atoms with Crippen molar-refractivity contribution in [1.29, 1.82) is 0 Å². The Hall–Kier alpha value is -1.46. The molecule has 0 spiro atoms. The predicted molar refractivity (Wildman–Crippen MR) is 65.7 cm³/mol. The summed E-state index contributed by atoms with van der Waals surface area (Å²) in [6.07, 6.45) is 4.16. The number of hydrogen-bond donors (Lipinski definition) is 1. The first-order valence-corrected chi connectivity index (χ1v) is 6.16. The monoisotopic (exact) mass is 250 g/mol. The van der Waals surface area contributed by atoms with Crippen LogP contribution in [0.4, 0.5) is 0 Å². The minimum atomic E-state index is -1.06. The topological polar surface area (TPSA) is 60.5 Å². The fourth-order valence-electron chi connectivity index (χ4n) is 2.31. The lowest BCUT2D eigenvalue weighted by Crippen LogP contribution is -2.57. The molecule has 1 fully saturated rings. The van der Waals surface area contributed by atoms with Crippen molar-refractivity contribution in [2.45, 2.75) is 32.1 Å². The Balaban J connectivity index is 2.41. The highest BCUT2D eigenvalue weighted by Crippen LogP contribution is 2.34. The maximum absolute atomic E-state index is 11.4. The number of nitrogens with zero attached hydrogens (tertiary/aromatic N) is 1. The van der Waals surface area contributed by atoms with Crippen LogP contribution in [0.2, 0.25) is 0 Å². The molecule has 0 bridgehead atoms. The van der Waals surface area contributed by atoms with Crippen molar-refractivity contribution in [3.63, 3.8) is 0 Å². The third kappa shape index (κ3) is 2.37. The summed E-state index contributed by atoms with van der Waals surface area (Å²) in [6.45, 7) is 4.67. The number of carbonyl (C=O) groups is 1. The minimum absolute atomic E-state index is 0.0700. The van der Waals surface area contributed by atoms with E-state index in [1.165, 1.54) is 6.92 Å². The standard InChI is InChI=1S/C13H18N2O3/c1-3-12-13(18-10(2)16,17-8-7-15-12)11-5-4-6-14-9-11/h4-6,9,12,15H,3,7-8H2,1-2H3. The molecule has 1 N–H and O–H groups in total. The fourth-order valence-corrected chi connectivity index (χ4v) is 2.31. The van der Waals surface area contributed by atoms with Gasteiger partial charge in [-0.25, -0.2) is 0 Å². The van der Waals surface area contributed by atoms with Crippen LogP contribution in [0, 0.1) is 0 Å². The molecule has 18 heavy (non-hydrogen) atoms. The number of ether oxygens (including phenoxy) is 2.